The highest BCUT2D eigenvalue weighted by atomic mass is 35.5. The number of carbonyl (C=O) groups excluding carboxylic acids is 3. The highest BCUT2D eigenvalue weighted by molar-refractivity contribution is 6.31. The minimum atomic E-state index is -0.793. The first-order valence-corrected chi connectivity index (χ1v) is 11.3. The largest absolute Gasteiger partial charge is 0.484 e. The lowest BCUT2D eigenvalue weighted by Crippen LogP contribution is -2.75. The monoisotopic (exact) mass is 491 g/mol. The van der Waals surface area contributed by atoms with E-state index < -0.39 is 11.9 Å². The number of hydrogen-bond donors (Lipinski definition) is 1. The third-order valence-corrected chi connectivity index (χ3v) is 7.14. The summed E-state index contributed by atoms with van der Waals surface area (Å²) in [5.74, 6) is -0.567. The van der Waals surface area contributed by atoms with Crippen molar-refractivity contribution < 1.29 is 28.2 Å². The van der Waals surface area contributed by atoms with Crippen LogP contribution in [0.4, 0.5) is 4.39 Å². The maximum Gasteiger partial charge on any atom is 0.258 e. The number of carbonyl (C=O) groups is 3. The molecule has 0 radical (unpaired) electrons. The zero-order chi connectivity index (χ0) is 23.4. The summed E-state index contributed by atoms with van der Waals surface area (Å²) < 4.78 is 24.6. The van der Waals surface area contributed by atoms with Crippen LogP contribution in [0.15, 0.2) is 36.4 Å². The molecule has 2 aromatic carbocycles. The van der Waals surface area contributed by atoms with Gasteiger partial charge in [0.05, 0.1) is 17.0 Å². The highest BCUT2D eigenvalue weighted by Gasteiger charge is 2.68. The van der Waals surface area contributed by atoms with Crippen molar-refractivity contribution in [2.24, 2.45) is 5.41 Å². The molecular formula is C24H20Cl2FNO5. The van der Waals surface area contributed by atoms with Crippen LogP contribution in [-0.4, -0.2) is 35.7 Å². The molecule has 0 spiro atoms. The number of rotatable bonds is 7. The first-order valence-electron chi connectivity index (χ1n) is 10.6. The molecular weight excluding hydrogens is 472 g/mol. The Labute approximate surface area is 199 Å². The second-order valence-electron chi connectivity index (χ2n) is 9.24. The third kappa shape index (κ3) is 4.20. The molecule has 2 bridgehead atoms. The molecule has 3 aliphatic carbocycles. The fourth-order valence-corrected chi connectivity index (χ4v) is 5.61. The number of fused-ring (bicyclic) bond motifs is 1. The molecule has 6 rings (SSSR count). The van der Waals surface area contributed by atoms with Crippen molar-refractivity contribution in [3.05, 3.63) is 57.8 Å². The minimum absolute atomic E-state index is 0.00671. The number of ether oxygens (including phenoxy) is 2. The summed E-state index contributed by atoms with van der Waals surface area (Å²) in [6.45, 7) is -0.240. The van der Waals surface area contributed by atoms with Gasteiger partial charge >= 0.3 is 0 Å². The third-order valence-electron chi connectivity index (χ3n) is 6.60. The summed E-state index contributed by atoms with van der Waals surface area (Å²) in [4.78, 5) is 37.5. The minimum Gasteiger partial charge on any atom is -0.484 e. The van der Waals surface area contributed by atoms with Gasteiger partial charge in [0, 0.05) is 23.0 Å². The molecule has 1 amide bonds. The van der Waals surface area contributed by atoms with E-state index in [1.165, 1.54) is 12.1 Å². The number of nitrogens with one attached hydrogen (secondary N) is 1. The number of halogens is 3. The zero-order valence-corrected chi connectivity index (χ0v) is 19.0. The SMILES string of the molecule is O=C(COc1ccc(Cl)c(F)c1)NC12CC(CC(=O)[C@H]3CC(=O)c4cc(Cl)ccc4O3)(C1)C2. The zero-order valence-electron chi connectivity index (χ0n) is 17.5. The van der Waals surface area contributed by atoms with E-state index in [0.29, 0.717) is 42.0 Å². The Kier molecular flexibility index (Phi) is 5.37. The fourth-order valence-electron chi connectivity index (χ4n) is 5.32. The number of amides is 1. The van der Waals surface area contributed by atoms with Gasteiger partial charge in [-0.15, -0.1) is 0 Å². The topological polar surface area (TPSA) is 81.7 Å². The fraction of sp³-hybridized carbons (Fsp3) is 0.375. The maximum atomic E-state index is 13.5. The van der Waals surface area contributed by atoms with Crippen LogP contribution < -0.4 is 14.8 Å². The molecule has 3 saturated carbocycles. The Balaban J connectivity index is 1.10. The molecule has 1 aliphatic heterocycles. The van der Waals surface area contributed by atoms with Crippen LogP contribution in [0.5, 0.6) is 11.5 Å². The van der Waals surface area contributed by atoms with Crippen LogP contribution in [0.1, 0.15) is 42.5 Å². The molecule has 4 aliphatic rings. The first-order chi connectivity index (χ1) is 15.7. The van der Waals surface area contributed by atoms with Crippen molar-refractivity contribution in [1.82, 2.24) is 5.32 Å². The van der Waals surface area contributed by atoms with Crippen LogP contribution in [-0.2, 0) is 9.59 Å². The number of ketones is 2. The van der Waals surface area contributed by atoms with Gasteiger partial charge in [0.1, 0.15) is 17.3 Å². The second-order valence-corrected chi connectivity index (χ2v) is 10.1. The number of benzene rings is 2. The van der Waals surface area contributed by atoms with E-state index >= 15 is 0 Å². The number of Topliss-reactive ketones (excluding diaryl/α,β-unsaturated/α-hetero) is 2. The van der Waals surface area contributed by atoms with Crippen molar-refractivity contribution in [1.29, 1.82) is 0 Å². The summed E-state index contributed by atoms with van der Waals surface area (Å²) in [5.41, 5.74) is -0.0715. The molecule has 33 heavy (non-hydrogen) atoms. The average Bonchev–Trinajstić information content (AvgIpc) is 2.72. The molecule has 0 aromatic heterocycles. The van der Waals surface area contributed by atoms with E-state index in [0.717, 1.165) is 6.07 Å². The van der Waals surface area contributed by atoms with Crippen molar-refractivity contribution in [2.45, 2.75) is 43.7 Å². The Morgan fingerprint density at radius 1 is 1.15 bits per heavy atom. The quantitative estimate of drug-likeness (QED) is 0.614. The van der Waals surface area contributed by atoms with E-state index in [-0.39, 0.29) is 52.2 Å². The lowest BCUT2D eigenvalue weighted by Gasteiger charge is -2.70. The molecule has 0 unspecified atom stereocenters. The summed E-state index contributed by atoms with van der Waals surface area (Å²) in [7, 11) is 0. The van der Waals surface area contributed by atoms with Gasteiger partial charge in [0.25, 0.3) is 5.91 Å². The predicted molar refractivity (Wildman–Crippen MR) is 119 cm³/mol. The van der Waals surface area contributed by atoms with Crippen LogP contribution in [0, 0.1) is 11.2 Å². The molecule has 1 N–H and O–H groups in total. The van der Waals surface area contributed by atoms with Gasteiger partial charge < -0.3 is 14.8 Å². The van der Waals surface area contributed by atoms with Crippen molar-refractivity contribution in [3.8, 4) is 11.5 Å². The lowest BCUT2D eigenvalue weighted by molar-refractivity contribution is -0.175. The molecule has 1 heterocycles. The Hall–Kier alpha value is -2.64. The standard InChI is InChI=1S/C24H20Cl2FNO5/c25-13-1-4-20-15(5-13)18(29)7-21(33-20)19(30)8-23-10-24(11-23,12-23)28-22(31)9-32-14-2-3-16(26)17(27)6-14/h1-6,21H,7-12H2,(H,28,31)/t21-,23?,24?/m1/s1. The van der Waals surface area contributed by atoms with Crippen LogP contribution >= 0.6 is 23.2 Å². The second kappa shape index (κ2) is 7.99. The smallest absolute Gasteiger partial charge is 0.258 e. The molecule has 1 atom stereocenters. The average molecular weight is 492 g/mol. The van der Waals surface area contributed by atoms with E-state index in [4.69, 9.17) is 32.7 Å². The van der Waals surface area contributed by atoms with Gasteiger partial charge in [0.2, 0.25) is 0 Å². The summed E-state index contributed by atoms with van der Waals surface area (Å²) in [5, 5.41) is 3.40. The molecule has 9 heteroatoms. The Bertz CT molecular complexity index is 1160. The summed E-state index contributed by atoms with van der Waals surface area (Å²) in [6, 6.07) is 8.78. The van der Waals surface area contributed by atoms with E-state index in [1.807, 2.05) is 0 Å². The van der Waals surface area contributed by atoms with E-state index in [9.17, 15) is 18.8 Å². The lowest BCUT2D eigenvalue weighted by atomic mass is 9.38. The Morgan fingerprint density at radius 2 is 1.91 bits per heavy atom. The molecule has 3 fully saturated rings. The maximum absolute atomic E-state index is 13.5. The van der Waals surface area contributed by atoms with Gasteiger partial charge in [-0.3, -0.25) is 14.4 Å². The van der Waals surface area contributed by atoms with Gasteiger partial charge in [-0.2, -0.15) is 0 Å². The van der Waals surface area contributed by atoms with Crippen LogP contribution in [0.3, 0.4) is 0 Å². The number of hydrogen-bond acceptors (Lipinski definition) is 5. The van der Waals surface area contributed by atoms with Crippen LogP contribution in [0.25, 0.3) is 0 Å². The van der Waals surface area contributed by atoms with Gasteiger partial charge in [-0.05, 0) is 55.0 Å². The molecule has 2 aromatic rings. The normalized spacial score (nSPS) is 26.9. The van der Waals surface area contributed by atoms with E-state index in [2.05, 4.69) is 5.32 Å². The van der Waals surface area contributed by atoms with Crippen molar-refractivity contribution >= 4 is 40.7 Å². The van der Waals surface area contributed by atoms with E-state index in [1.54, 1.807) is 18.2 Å². The molecule has 0 saturated heterocycles. The van der Waals surface area contributed by atoms with Gasteiger partial charge in [-0.1, -0.05) is 23.2 Å². The summed E-state index contributed by atoms with van der Waals surface area (Å²) >= 11 is 11.6. The van der Waals surface area contributed by atoms with Crippen molar-refractivity contribution in [3.63, 3.8) is 0 Å². The predicted octanol–water partition coefficient (Wildman–Crippen LogP) is 4.54. The van der Waals surface area contributed by atoms with Gasteiger partial charge in [0.15, 0.2) is 24.3 Å². The summed E-state index contributed by atoms with van der Waals surface area (Å²) in [6.07, 6.45) is 1.61. The highest BCUT2D eigenvalue weighted by Crippen LogP contribution is 2.69. The molecule has 6 nitrogen and oxygen atoms in total. The molecule has 172 valence electrons. The first kappa shape index (κ1) is 22.2. The van der Waals surface area contributed by atoms with Crippen molar-refractivity contribution in [2.75, 3.05) is 6.61 Å². The van der Waals surface area contributed by atoms with Crippen LogP contribution in [0.2, 0.25) is 10.0 Å². The Morgan fingerprint density at radius 3 is 2.64 bits per heavy atom. The van der Waals surface area contributed by atoms with Gasteiger partial charge in [-0.25, -0.2) is 4.39 Å².